The predicted molar refractivity (Wildman–Crippen MR) is 128 cm³/mol. The first-order chi connectivity index (χ1) is 15.4. The molecule has 1 aromatic heterocycles. The first kappa shape index (κ1) is 21.1. The topological polar surface area (TPSA) is 59.8 Å². The molecular weight excluding hydrogens is 517 g/mol. The van der Waals surface area contributed by atoms with Gasteiger partial charge in [-0.2, -0.15) is 0 Å². The number of rotatable bonds is 3. The lowest BCUT2D eigenvalue weighted by Crippen LogP contribution is -2.29. The molecule has 2 heterocycles. The number of anilines is 1. The average molecular weight is 531 g/mol. The van der Waals surface area contributed by atoms with E-state index in [1.165, 1.54) is 12.0 Å². The predicted octanol–water partition coefficient (Wildman–Crippen LogP) is 6.62. The first-order valence-corrected chi connectivity index (χ1v) is 11.1. The van der Waals surface area contributed by atoms with E-state index in [1.807, 2.05) is 24.3 Å². The molecule has 0 N–H and O–H groups in total. The summed E-state index contributed by atoms with van der Waals surface area (Å²) in [5.41, 5.74) is 1.53. The van der Waals surface area contributed by atoms with Crippen LogP contribution >= 0.6 is 39.1 Å². The van der Waals surface area contributed by atoms with E-state index >= 15 is 0 Å². The lowest BCUT2D eigenvalue weighted by molar-refractivity contribution is 0.0971. The third kappa shape index (κ3) is 3.30. The first-order valence-electron chi connectivity index (χ1n) is 9.58. The Morgan fingerprint density at radius 2 is 1.75 bits per heavy atom. The highest BCUT2D eigenvalue weighted by Gasteiger charge is 2.43. The van der Waals surface area contributed by atoms with Crippen LogP contribution in [0.15, 0.2) is 74.3 Å². The number of nitrogens with zero attached hydrogens (tertiary/aromatic N) is 1. The number of hydrogen-bond donors (Lipinski definition) is 0. The molecule has 1 atom stereocenters. The quantitative estimate of drug-likeness (QED) is 0.298. The molecule has 1 amide bonds. The molecule has 0 bridgehead atoms. The van der Waals surface area contributed by atoms with Crippen molar-refractivity contribution in [2.75, 3.05) is 12.0 Å². The van der Waals surface area contributed by atoms with E-state index in [-0.39, 0.29) is 16.8 Å². The standard InChI is InChI=1S/C24H14BrCl2NO4/c1-31-19-9-7-15(11-17(19)27)28-21(12-2-4-13(25)5-3-12)20-22(29)16-10-14(26)6-8-18(16)32-23(20)24(28)30/h2-11,21H,1H3. The number of hydrogen-bond acceptors (Lipinski definition) is 4. The fraction of sp³-hybridized carbons (Fsp3) is 0.0833. The zero-order chi connectivity index (χ0) is 22.6. The largest absolute Gasteiger partial charge is 0.495 e. The van der Waals surface area contributed by atoms with Crippen LogP contribution in [-0.4, -0.2) is 13.0 Å². The number of carbonyl (C=O) groups is 1. The van der Waals surface area contributed by atoms with E-state index in [0.29, 0.717) is 32.5 Å². The summed E-state index contributed by atoms with van der Waals surface area (Å²) in [6.07, 6.45) is 0. The highest BCUT2D eigenvalue weighted by molar-refractivity contribution is 9.10. The van der Waals surface area contributed by atoms with Crippen LogP contribution in [-0.2, 0) is 0 Å². The SMILES string of the molecule is COc1ccc(N2C(=O)c3oc4ccc(Cl)cc4c(=O)c3C2c2ccc(Br)cc2)cc1Cl. The Kier molecular flexibility index (Phi) is 5.24. The minimum absolute atomic E-state index is 0.00433. The van der Waals surface area contributed by atoms with Crippen LogP contribution in [0.3, 0.4) is 0 Å². The highest BCUT2D eigenvalue weighted by Crippen LogP contribution is 2.43. The Morgan fingerprint density at radius 3 is 2.44 bits per heavy atom. The maximum atomic E-state index is 13.6. The molecule has 1 unspecified atom stereocenters. The van der Waals surface area contributed by atoms with Crippen LogP contribution in [0.25, 0.3) is 11.0 Å². The van der Waals surface area contributed by atoms with E-state index in [1.54, 1.807) is 36.4 Å². The minimum Gasteiger partial charge on any atom is -0.495 e. The van der Waals surface area contributed by atoms with Crippen LogP contribution in [0.4, 0.5) is 5.69 Å². The van der Waals surface area contributed by atoms with Gasteiger partial charge in [-0.3, -0.25) is 14.5 Å². The summed E-state index contributed by atoms with van der Waals surface area (Å²) in [5.74, 6) is 0.0575. The fourth-order valence-corrected chi connectivity index (χ4v) is 4.67. The second-order valence-corrected chi connectivity index (χ2v) is 9.02. The summed E-state index contributed by atoms with van der Waals surface area (Å²) in [5, 5.41) is 1.08. The van der Waals surface area contributed by atoms with Crippen LogP contribution < -0.4 is 15.1 Å². The van der Waals surface area contributed by atoms with Crippen molar-refractivity contribution in [2.24, 2.45) is 0 Å². The Hall–Kier alpha value is -2.80. The van der Waals surface area contributed by atoms with E-state index in [0.717, 1.165) is 10.0 Å². The molecule has 32 heavy (non-hydrogen) atoms. The Morgan fingerprint density at radius 1 is 1.00 bits per heavy atom. The number of ether oxygens (including phenoxy) is 1. The van der Waals surface area contributed by atoms with Crippen molar-refractivity contribution in [3.8, 4) is 5.75 Å². The Balaban J connectivity index is 1.80. The van der Waals surface area contributed by atoms with E-state index in [2.05, 4.69) is 15.9 Å². The summed E-state index contributed by atoms with van der Waals surface area (Å²) in [7, 11) is 1.52. The second kappa shape index (κ2) is 7.96. The molecule has 0 spiro atoms. The van der Waals surface area contributed by atoms with Gasteiger partial charge in [-0.25, -0.2) is 0 Å². The van der Waals surface area contributed by atoms with Gasteiger partial charge in [-0.1, -0.05) is 51.3 Å². The van der Waals surface area contributed by atoms with Crippen molar-refractivity contribution in [3.63, 3.8) is 0 Å². The van der Waals surface area contributed by atoms with E-state index in [9.17, 15) is 9.59 Å². The summed E-state index contributed by atoms with van der Waals surface area (Å²) in [6.45, 7) is 0. The second-order valence-electron chi connectivity index (χ2n) is 7.26. The normalized spacial score (nSPS) is 15.3. The van der Waals surface area contributed by atoms with Crippen molar-refractivity contribution in [1.82, 2.24) is 0 Å². The molecule has 1 aliphatic rings. The molecule has 8 heteroatoms. The molecule has 5 nitrogen and oxygen atoms in total. The van der Waals surface area contributed by atoms with Crippen molar-refractivity contribution in [2.45, 2.75) is 6.04 Å². The Bertz CT molecular complexity index is 1450. The minimum atomic E-state index is -0.699. The van der Waals surface area contributed by atoms with Gasteiger partial charge in [0.15, 0.2) is 5.43 Å². The van der Waals surface area contributed by atoms with Crippen molar-refractivity contribution in [3.05, 3.63) is 102 Å². The summed E-state index contributed by atoms with van der Waals surface area (Å²) in [6, 6.07) is 16.5. The van der Waals surface area contributed by atoms with Gasteiger partial charge >= 0.3 is 0 Å². The Labute approximate surface area is 201 Å². The average Bonchev–Trinajstić information content (AvgIpc) is 3.07. The van der Waals surface area contributed by atoms with Crippen LogP contribution in [0.5, 0.6) is 5.75 Å². The fourth-order valence-electron chi connectivity index (χ4n) is 3.98. The van der Waals surface area contributed by atoms with Gasteiger partial charge in [0.1, 0.15) is 11.3 Å². The summed E-state index contributed by atoms with van der Waals surface area (Å²) >= 11 is 15.9. The van der Waals surface area contributed by atoms with Crippen molar-refractivity contribution >= 4 is 61.7 Å². The summed E-state index contributed by atoms with van der Waals surface area (Å²) in [4.78, 5) is 28.6. The number of carbonyl (C=O) groups excluding carboxylic acids is 1. The maximum Gasteiger partial charge on any atom is 0.295 e. The van der Waals surface area contributed by atoms with Gasteiger partial charge in [0.25, 0.3) is 5.91 Å². The molecule has 0 fully saturated rings. The monoisotopic (exact) mass is 529 g/mol. The molecule has 0 aliphatic carbocycles. The summed E-state index contributed by atoms with van der Waals surface area (Å²) < 4.78 is 12.1. The van der Waals surface area contributed by atoms with Gasteiger partial charge in [0, 0.05) is 15.2 Å². The molecule has 4 aromatic rings. The zero-order valence-electron chi connectivity index (χ0n) is 16.6. The highest BCUT2D eigenvalue weighted by atomic mass is 79.9. The number of benzene rings is 3. The number of fused-ring (bicyclic) bond motifs is 2. The van der Waals surface area contributed by atoms with E-state index in [4.69, 9.17) is 32.4 Å². The third-order valence-electron chi connectivity index (χ3n) is 5.43. The van der Waals surface area contributed by atoms with Gasteiger partial charge < -0.3 is 9.15 Å². The molecule has 0 radical (unpaired) electrons. The zero-order valence-corrected chi connectivity index (χ0v) is 19.7. The van der Waals surface area contributed by atoms with Crippen LogP contribution in [0.2, 0.25) is 10.0 Å². The molecule has 160 valence electrons. The van der Waals surface area contributed by atoms with Gasteiger partial charge in [0.05, 0.1) is 29.1 Å². The third-order valence-corrected chi connectivity index (χ3v) is 6.49. The molecule has 0 saturated carbocycles. The number of halogens is 3. The lowest BCUT2D eigenvalue weighted by Gasteiger charge is -2.25. The maximum absolute atomic E-state index is 13.6. The smallest absolute Gasteiger partial charge is 0.295 e. The molecular formula is C24H14BrCl2NO4. The number of methoxy groups -OCH3 is 1. The van der Waals surface area contributed by atoms with Crippen LogP contribution in [0, 0.1) is 0 Å². The molecule has 1 aliphatic heterocycles. The van der Waals surface area contributed by atoms with Gasteiger partial charge in [-0.05, 0) is 54.1 Å². The lowest BCUT2D eigenvalue weighted by atomic mass is 9.98. The van der Waals surface area contributed by atoms with Crippen molar-refractivity contribution < 1.29 is 13.9 Å². The van der Waals surface area contributed by atoms with E-state index < -0.39 is 11.9 Å². The number of amides is 1. The molecule has 3 aromatic carbocycles. The van der Waals surface area contributed by atoms with Gasteiger partial charge in [0.2, 0.25) is 5.76 Å². The van der Waals surface area contributed by atoms with Gasteiger partial charge in [-0.15, -0.1) is 0 Å². The van der Waals surface area contributed by atoms with Crippen molar-refractivity contribution in [1.29, 1.82) is 0 Å². The molecule has 5 rings (SSSR count). The van der Waals surface area contributed by atoms with Crippen LogP contribution in [0.1, 0.15) is 27.7 Å². The molecule has 0 saturated heterocycles.